The van der Waals surface area contributed by atoms with Gasteiger partial charge in [-0.15, -0.1) is 0 Å². The molecule has 20 nitrogen and oxygen atoms in total. The van der Waals surface area contributed by atoms with Crippen LogP contribution in [0.25, 0.3) is 11.0 Å². The van der Waals surface area contributed by atoms with Gasteiger partial charge >= 0.3 is 12.1 Å². The van der Waals surface area contributed by atoms with Gasteiger partial charge in [0.1, 0.15) is 11.4 Å². The number of nitrogens with one attached hydrogen (secondary N) is 2. The predicted octanol–water partition coefficient (Wildman–Crippen LogP) is 6.54. The first-order valence-electron chi connectivity index (χ1n) is 27.1. The molecule has 2 amide bonds. The lowest BCUT2D eigenvalue weighted by Crippen LogP contribution is -2.51. The van der Waals surface area contributed by atoms with Crippen LogP contribution < -0.4 is 20.3 Å². The maximum absolute atomic E-state index is 14.5. The number of aryl methyl sites for hydroxylation is 1. The maximum atomic E-state index is 14.5. The number of anilines is 1. The number of halogens is 5. The van der Waals surface area contributed by atoms with Crippen molar-refractivity contribution in [2.75, 3.05) is 150 Å². The molecule has 1 spiro atoms. The van der Waals surface area contributed by atoms with Crippen LogP contribution in [0, 0.1) is 23.3 Å². The number of carbonyl (C=O) groups excluding carboxylic acids is 3. The molecule has 2 aromatic carbocycles. The third kappa shape index (κ3) is 20.1. The third-order valence-corrected chi connectivity index (χ3v) is 13.1. The Morgan fingerprint density at radius 1 is 0.688 bits per heavy atom. The van der Waals surface area contributed by atoms with E-state index in [1.54, 1.807) is 22.2 Å². The summed E-state index contributed by atoms with van der Waals surface area (Å²) < 4.78 is 111. The van der Waals surface area contributed by atoms with Crippen LogP contribution in [0.4, 0.5) is 28.0 Å². The molecule has 0 unspecified atom stereocenters. The second kappa shape index (κ2) is 33.7. The number of piperidine rings is 1. The standard InChI is InChI=1S/C55H76ClF4N7O13/c1-54(2,3)80-53(70)65-18-10-55(11-19-65)41-8-12-63-38-46(41)67(52(55)69)39-47-64-44-36-40(56)6-7-45(44)66(47)17-4-5-20-71-22-24-73-26-28-75-30-32-77-34-35-78-33-31-76-29-27-74-25-23-72-21-16-62-15-14-61-13-9-48(68)79-51-49(59)42(57)37-43(58)50(51)60/h6-8,12,36-38,61-62H,4-5,9-11,13-35,39H2,1-3H3. The largest absolute Gasteiger partial charge is 0.444 e. The molecule has 0 aliphatic carbocycles. The minimum atomic E-state index is -1.77. The first-order valence-corrected chi connectivity index (χ1v) is 27.5. The first kappa shape index (κ1) is 64.1. The molecule has 2 aliphatic heterocycles. The van der Waals surface area contributed by atoms with E-state index in [-0.39, 0.29) is 37.6 Å². The van der Waals surface area contributed by atoms with Crippen LogP contribution >= 0.6 is 11.6 Å². The maximum Gasteiger partial charge on any atom is 0.410 e. The first-order chi connectivity index (χ1) is 38.7. The lowest BCUT2D eigenvalue weighted by atomic mass is 9.74. The Morgan fingerprint density at radius 2 is 1.23 bits per heavy atom. The number of pyridine rings is 1. The zero-order valence-electron chi connectivity index (χ0n) is 46.0. The number of hydrogen-bond acceptors (Lipinski definition) is 17. The smallest absolute Gasteiger partial charge is 0.410 e. The number of likely N-dealkylation sites (tertiary alicyclic amines) is 1. The molecule has 25 heteroatoms. The van der Waals surface area contributed by atoms with Crippen LogP contribution in [0.5, 0.6) is 5.75 Å². The molecule has 4 aromatic rings. The number of amides is 2. The van der Waals surface area contributed by atoms with Crippen molar-refractivity contribution in [3.8, 4) is 5.75 Å². The average Bonchev–Trinajstić information content (AvgIpc) is 4.08. The summed E-state index contributed by atoms with van der Waals surface area (Å²) in [6.07, 6.45) is 5.45. The Bertz CT molecular complexity index is 2530. The SMILES string of the molecule is CC(C)(C)OC(=O)N1CCC2(CC1)C(=O)N(Cc1nc3cc(Cl)ccc3n1CCCCOCCOCCOCCOCCOCCOCCOCCOCCNCCNCCC(=O)Oc1c(F)c(F)cc(F)c1F)c1cnccc12. The van der Waals surface area contributed by atoms with E-state index < -0.39 is 46.0 Å². The number of aromatic nitrogens is 3. The van der Waals surface area contributed by atoms with Crippen molar-refractivity contribution < 1.29 is 79.3 Å². The second-order valence-electron chi connectivity index (χ2n) is 19.8. The fraction of sp³-hybridized carbons (Fsp3) is 0.618. The fourth-order valence-electron chi connectivity index (χ4n) is 8.87. The summed E-state index contributed by atoms with van der Waals surface area (Å²) in [5.41, 5.74) is 2.02. The third-order valence-electron chi connectivity index (χ3n) is 12.8. The molecule has 6 rings (SSSR count). The number of ether oxygens (including phenoxy) is 10. The minimum Gasteiger partial charge on any atom is -0.444 e. The van der Waals surface area contributed by atoms with Gasteiger partial charge in [0.25, 0.3) is 0 Å². The number of rotatable bonds is 38. The number of benzene rings is 2. The highest BCUT2D eigenvalue weighted by Gasteiger charge is 2.53. The average molecular weight is 1150 g/mol. The Hall–Kier alpha value is -5.12. The molecular weight excluding hydrogens is 1080 g/mol. The predicted molar refractivity (Wildman–Crippen MR) is 287 cm³/mol. The van der Waals surface area contributed by atoms with E-state index in [2.05, 4.69) is 24.9 Å². The molecule has 80 heavy (non-hydrogen) atoms. The molecular formula is C55H76ClF4N7O13. The molecule has 2 N–H and O–H groups in total. The second-order valence-corrected chi connectivity index (χ2v) is 20.2. The van der Waals surface area contributed by atoms with Crippen molar-refractivity contribution in [3.63, 3.8) is 0 Å². The van der Waals surface area contributed by atoms with Gasteiger partial charge in [-0.3, -0.25) is 14.6 Å². The Kier molecular flexibility index (Phi) is 27.0. The molecule has 0 radical (unpaired) electrons. The highest BCUT2D eigenvalue weighted by molar-refractivity contribution is 6.31. The number of imidazole rings is 1. The van der Waals surface area contributed by atoms with Gasteiger partial charge in [0.15, 0.2) is 11.6 Å². The van der Waals surface area contributed by atoms with Crippen LogP contribution in [0.1, 0.15) is 64.3 Å². The molecule has 1 saturated heterocycles. The van der Waals surface area contributed by atoms with E-state index >= 15 is 0 Å². The summed E-state index contributed by atoms with van der Waals surface area (Å²) >= 11 is 6.39. The van der Waals surface area contributed by atoms with Gasteiger partial charge in [-0.25, -0.2) is 18.6 Å². The normalized spacial score (nSPS) is 14.2. The van der Waals surface area contributed by atoms with Crippen molar-refractivity contribution in [1.29, 1.82) is 0 Å². The molecule has 444 valence electrons. The van der Waals surface area contributed by atoms with Gasteiger partial charge in [-0.2, -0.15) is 8.78 Å². The van der Waals surface area contributed by atoms with Crippen LogP contribution in [-0.2, 0) is 70.7 Å². The summed E-state index contributed by atoms with van der Waals surface area (Å²) in [6.45, 7) is 16.1. The summed E-state index contributed by atoms with van der Waals surface area (Å²) in [4.78, 5) is 52.0. The molecule has 1 fully saturated rings. The van der Waals surface area contributed by atoms with Crippen LogP contribution in [0.15, 0.2) is 42.7 Å². The van der Waals surface area contributed by atoms with Gasteiger partial charge in [-0.1, -0.05) is 11.6 Å². The lowest BCUT2D eigenvalue weighted by Gasteiger charge is -2.38. The van der Waals surface area contributed by atoms with Gasteiger partial charge in [0.05, 0.1) is 140 Å². The van der Waals surface area contributed by atoms with Crippen molar-refractivity contribution >= 4 is 46.3 Å². The van der Waals surface area contributed by atoms with Gasteiger partial charge < -0.3 is 72.4 Å². The van der Waals surface area contributed by atoms with E-state index in [1.165, 1.54) is 0 Å². The topological polar surface area (TPSA) is 205 Å². The fourth-order valence-corrected chi connectivity index (χ4v) is 9.04. The number of unbranched alkanes of at least 4 members (excludes halogenated alkanes) is 1. The molecule has 4 heterocycles. The van der Waals surface area contributed by atoms with E-state index in [0.29, 0.717) is 163 Å². The molecule has 0 saturated carbocycles. The lowest BCUT2D eigenvalue weighted by molar-refractivity contribution is -0.134. The quantitative estimate of drug-likeness (QED) is 0.0161. The van der Waals surface area contributed by atoms with Crippen molar-refractivity contribution in [1.82, 2.24) is 30.1 Å². The van der Waals surface area contributed by atoms with Crippen molar-refractivity contribution in [2.24, 2.45) is 0 Å². The molecule has 2 aromatic heterocycles. The van der Waals surface area contributed by atoms with E-state index in [4.69, 9.17) is 59.2 Å². The van der Waals surface area contributed by atoms with Crippen LogP contribution in [-0.4, -0.2) is 188 Å². The Balaban J connectivity index is 0.694. The molecule has 0 atom stereocenters. The van der Waals surface area contributed by atoms with Gasteiger partial charge in [0, 0.05) is 69.7 Å². The number of nitrogens with zero attached hydrogens (tertiary/aromatic N) is 5. The zero-order chi connectivity index (χ0) is 57.2. The van der Waals surface area contributed by atoms with E-state index in [0.717, 1.165) is 41.0 Å². The summed E-state index contributed by atoms with van der Waals surface area (Å²) in [5, 5.41) is 6.66. The number of fused-ring (bicyclic) bond motifs is 3. The number of hydrogen-bond donors (Lipinski definition) is 2. The van der Waals surface area contributed by atoms with Gasteiger partial charge in [-0.05, 0) is 76.3 Å². The highest BCUT2D eigenvalue weighted by Crippen LogP contribution is 2.48. The number of esters is 1. The van der Waals surface area contributed by atoms with Crippen LogP contribution in [0.3, 0.4) is 0 Å². The summed E-state index contributed by atoms with van der Waals surface area (Å²) in [5.74, 6) is -8.55. The summed E-state index contributed by atoms with van der Waals surface area (Å²) in [7, 11) is 0. The Morgan fingerprint density at radius 3 is 1.79 bits per heavy atom. The molecule has 2 aliphatic rings. The minimum absolute atomic E-state index is 0.00884. The Labute approximate surface area is 469 Å². The van der Waals surface area contributed by atoms with Crippen molar-refractivity contribution in [3.05, 3.63) is 82.4 Å². The van der Waals surface area contributed by atoms with Crippen molar-refractivity contribution in [2.45, 2.75) is 77.0 Å². The zero-order valence-corrected chi connectivity index (χ0v) is 46.7. The van der Waals surface area contributed by atoms with Gasteiger partial charge in [0.2, 0.25) is 23.3 Å². The van der Waals surface area contributed by atoms with Crippen LogP contribution in [0.2, 0.25) is 5.02 Å². The number of carbonyl (C=O) groups is 3. The summed E-state index contributed by atoms with van der Waals surface area (Å²) in [6, 6.07) is 7.62. The monoisotopic (exact) mass is 1150 g/mol. The highest BCUT2D eigenvalue weighted by atomic mass is 35.5. The van der Waals surface area contributed by atoms with E-state index in [1.807, 2.05) is 45.0 Å². The molecule has 0 bridgehead atoms. The van der Waals surface area contributed by atoms with E-state index in [9.17, 15) is 31.9 Å².